The normalized spacial score (nSPS) is 16.7. The number of aromatic amines is 1. The Bertz CT molecular complexity index is 559. The monoisotopic (exact) mass is 270 g/mol. The third-order valence-corrected chi connectivity index (χ3v) is 3.31. The molecule has 3 heterocycles. The van der Waals surface area contributed by atoms with Crippen LogP contribution in [0, 0.1) is 0 Å². The molecular formula is C11H15ClN4O2. The summed E-state index contributed by atoms with van der Waals surface area (Å²) in [6.07, 6.45) is 1.97. The maximum absolute atomic E-state index is 11.1. The van der Waals surface area contributed by atoms with Crippen molar-refractivity contribution in [3.8, 4) is 11.5 Å². The Hall–Kier alpha value is -1.53. The lowest BCUT2D eigenvalue weighted by Crippen LogP contribution is -2.28. The number of nitrogens with one attached hydrogen (secondary N) is 2. The summed E-state index contributed by atoms with van der Waals surface area (Å²) in [6, 6.07) is 3.66. The summed E-state index contributed by atoms with van der Waals surface area (Å²) in [6.45, 7) is 1.91. The van der Waals surface area contributed by atoms with E-state index in [1.54, 1.807) is 6.07 Å². The summed E-state index contributed by atoms with van der Waals surface area (Å²) in [7, 11) is 0. The molecule has 0 radical (unpaired) electrons. The van der Waals surface area contributed by atoms with Crippen molar-refractivity contribution < 1.29 is 5.21 Å². The quantitative estimate of drug-likeness (QED) is 0.670. The number of halogens is 1. The highest BCUT2D eigenvalue weighted by Crippen LogP contribution is 2.27. The number of pyridine rings is 1. The molecule has 0 aromatic rings. The molecule has 1 saturated heterocycles. The molecule has 0 aromatic heterocycles. The largest absolute Gasteiger partial charge is 0.427 e. The second kappa shape index (κ2) is 4.99. The number of fused-ring (bicyclic) bond motifs is 1. The second-order valence-corrected chi connectivity index (χ2v) is 4.37. The van der Waals surface area contributed by atoms with Gasteiger partial charge in [-0.3, -0.25) is 0 Å². The maximum Gasteiger partial charge on any atom is 0.347 e. The smallest absolute Gasteiger partial charge is 0.347 e. The van der Waals surface area contributed by atoms with E-state index in [1.165, 1.54) is 0 Å². The zero-order valence-corrected chi connectivity index (χ0v) is 10.5. The summed E-state index contributed by atoms with van der Waals surface area (Å²) >= 11 is 0. The minimum absolute atomic E-state index is 0. The maximum atomic E-state index is 11.1. The molecule has 0 aliphatic carbocycles. The van der Waals surface area contributed by atoms with E-state index >= 15 is 0 Å². The fourth-order valence-electron chi connectivity index (χ4n) is 2.42. The van der Waals surface area contributed by atoms with Gasteiger partial charge in [0.05, 0.1) is 11.4 Å². The van der Waals surface area contributed by atoms with Crippen LogP contribution in [0.3, 0.4) is 0 Å². The van der Waals surface area contributed by atoms with Gasteiger partial charge < -0.3 is 15.5 Å². The molecule has 6 nitrogen and oxygen atoms in total. The average molecular weight is 271 g/mol. The molecule has 1 fully saturated rings. The van der Waals surface area contributed by atoms with E-state index in [9.17, 15) is 10.0 Å². The summed E-state index contributed by atoms with van der Waals surface area (Å²) in [4.78, 5) is 17.5. The van der Waals surface area contributed by atoms with Crippen LogP contribution in [0.1, 0.15) is 24.5 Å². The van der Waals surface area contributed by atoms with Crippen molar-refractivity contribution in [3.63, 3.8) is 0 Å². The molecular weight excluding hydrogens is 256 g/mol. The van der Waals surface area contributed by atoms with Crippen molar-refractivity contribution in [2.45, 2.75) is 18.8 Å². The van der Waals surface area contributed by atoms with Crippen LogP contribution in [-0.4, -0.2) is 33.0 Å². The van der Waals surface area contributed by atoms with E-state index in [4.69, 9.17) is 0 Å². The molecule has 0 saturated carbocycles. The van der Waals surface area contributed by atoms with Gasteiger partial charge in [-0.25, -0.2) is 4.79 Å². The fourth-order valence-corrected chi connectivity index (χ4v) is 2.42. The first kappa shape index (κ1) is 12.9. The molecule has 0 aromatic carbocycles. The van der Waals surface area contributed by atoms with Gasteiger partial charge in [0.15, 0.2) is 5.82 Å². The van der Waals surface area contributed by atoms with Crippen LogP contribution in [0.15, 0.2) is 16.9 Å². The van der Waals surface area contributed by atoms with E-state index in [0.717, 1.165) is 36.4 Å². The van der Waals surface area contributed by atoms with Crippen LogP contribution in [-0.2, 0) is 0 Å². The molecule has 18 heavy (non-hydrogen) atoms. The minimum Gasteiger partial charge on any atom is -0.427 e. The lowest BCUT2D eigenvalue weighted by atomic mass is 9.94. The SMILES string of the molecule is Cl.O=c1nc2n(O)c(C3CCNCC3)ccc-2[nH]1. The third kappa shape index (κ3) is 2.09. The number of hydrogen-bond donors (Lipinski definition) is 3. The molecule has 0 amide bonds. The fraction of sp³-hybridized carbons (Fsp3) is 0.455. The van der Waals surface area contributed by atoms with Crippen molar-refractivity contribution in [1.29, 1.82) is 0 Å². The molecule has 0 spiro atoms. The van der Waals surface area contributed by atoms with Crippen molar-refractivity contribution in [2.24, 2.45) is 0 Å². The lowest BCUT2D eigenvalue weighted by molar-refractivity contribution is 0.169. The van der Waals surface area contributed by atoms with Crippen molar-refractivity contribution in [3.05, 3.63) is 28.3 Å². The molecule has 0 bridgehead atoms. The predicted molar refractivity (Wildman–Crippen MR) is 68.7 cm³/mol. The van der Waals surface area contributed by atoms with Crippen LogP contribution < -0.4 is 11.0 Å². The van der Waals surface area contributed by atoms with Gasteiger partial charge >= 0.3 is 5.69 Å². The summed E-state index contributed by atoms with van der Waals surface area (Å²) in [5.74, 6) is 0.628. The van der Waals surface area contributed by atoms with Crippen molar-refractivity contribution in [1.82, 2.24) is 20.0 Å². The molecule has 0 atom stereocenters. The van der Waals surface area contributed by atoms with Gasteiger partial charge in [-0.05, 0) is 38.1 Å². The molecule has 7 heteroatoms. The van der Waals surface area contributed by atoms with Crippen molar-refractivity contribution in [2.75, 3.05) is 13.1 Å². The van der Waals surface area contributed by atoms with Gasteiger partial charge in [0.1, 0.15) is 0 Å². The van der Waals surface area contributed by atoms with Crippen LogP contribution in [0.25, 0.3) is 11.5 Å². The first-order chi connectivity index (χ1) is 8.25. The number of imidazole rings is 1. The van der Waals surface area contributed by atoms with E-state index in [0.29, 0.717) is 17.4 Å². The number of H-pyrrole nitrogens is 1. The molecule has 98 valence electrons. The lowest BCUT2D eigenvalue weighted by Gasteiger charge is -2.24. The van der Waals surface area contributed by atoms with Crippen molar-refractivity contribution >= 4 is 12.4 Å². The van der Waals surface area contributed by atoms with E-state index in [1.807, 2.05) is 6.07 Å². The highest BCUT2D eigenvalue weighted by atomic mass is 35.5. The van der Waals surface area contributed by atoms with E-state index in [-0.39, 0.29) is 12.4 Å². The number of piperidine rings is 1. The minimum atomic E-state index is -0.426. The van der Waals surface area contributed by atoms with Gasteiger partial charge in [0.2, 0.25) is 0 Å². The Balaban J connectivity index is 0.00000120. The van der Waals surface area contributed by atoms with Gasteiger partial charge in [-0.15, -0.1) is 12.4 Å². The molecule has 3 aliphatic rings. The number of aromatic nitrogens is 3. The topological polar surface area (TPSA) is 82.9 Å². The average Bonchev–Trinajstić information content (AvgIpc) is 2.72. The van der Waals surface area contributed by atoms with Gasteiger partial charge in [0, 0.05) is 5.92 Å². The number of rotatable bonds is 1. The zero-order valence-electron chi connectivity index (χ0n) is 9.72. The highest BCUT2D eigenvalue weighted by Gasteiger charge is 2.22. The van der Waals surface area contributed by atoms with Gasteiger partial charge in [0.25, 0.3) is 0 Å². The first-order valence-electron chi connectivity index (χ1n) is 5.77. The Labute approximate surface area is 110 Å². The Morgan fingerprint density at radius 2 is 2.06 bits per heavy atom. The Morgan fingerprint density at radius 1 is 1.33 bits per heavy atom. The molecule has 3 N–H and O–H groups in total. The molecule has 3 aliphatic heterocycles. The van der Waals surface area contributed by atoms with Gasteiger partial charge in [-0.1, -0.05) is 0 Å². The van der Waals surface area contributed by atoms with E-state index < -0.39 is 5.69 Å². The Kier molecular flexibility index (Phi) is 3.58. The Morgan fingerprint density at radius 3 is 2.78 bits per heavy atom. The highest BCUT2D eigenvalue weighted by molar-refractivity contribution is 5.85. The molecule has 3 rings (SSSR count). The van der Waals surface area contributed by atoms with Crippen LogP contribution in [0.2, 0.25) is 0 Å². The number of nitrogens with zero attached hydrogens (tertiary/aromatic N) is 2. The third-order valence-electron chi connectivity index (χ3n) is 3.31. The van der Waals surface area contributed by atoms with E-state index in [2.05, 4.69) is 15.3 Å². The second-order valence-electron chi connectivity index (χ2n) is 4.37. The predicted octanol–water partition coefficient (Wildman–Crippen LogP) is 0.802. The zero-order chi connectivity index (χ0) is 11.8. The van der Waals surface area contributed by atoms with Crippen LogP contribution in [0.5, 0.6) is 0 Å². The van der Waals surface area contributed by atoms with Gasteiger partial charge in [-0.2, -0.15) is 9.71 Å². The summed E-state index contributed by atoms with van der Waals surface area (Å²) in [5, 5.41) is 13.4. The summed E-state index contributed by atoms with van der Waals surface area (Å²) in [5.41, 5.74) is 0.964. The first-order valence-corrected chi connectivity index (χ1v) is 5.77. The standard InChI is InChI=1S/C11H14N4O2.ClH/c16-11-13-8-1-2-9(15(17)10(8)14-11)7-3-5-12-6-4-7;/h1-2,7,12,17H,3-6H2,(H,13,16);1H. The number of hydrogen-bond acceptors (Lipinski definition) is 4. The van der Waals surface area contributed by atoms with Crippen LogP contribution in [0.4, 0.5) is 0 Å². The molecule has 0 unspecified atom stereocenters. The van der Waals surface area contributed by atoms with Crippen LogP contribution >= 0.6 is 12.4 Å². The summed E-state index contributed by atoms with van der Waals surface area (Å²) < 4.78 is 1.04.